The van der Waals surface area contributed by atoms with Gasteiger partial charge in [-0.15, -0.1) is 0 Å². The van der Waals surface area contributed by atoms with E-state index in [0.29, 0.717) is 44.3 Å². The van der Waals surface area contributed by atoms with Crippen molar-refractivity contribution < 1.29 is 14.3 Å². The van der Waals surface area contributed by atoms with Crippen LogP contribution in [0.3, 0.4) is 0 Å². The van der Waals surface area contributed by atoms with Gasteiger partial charge in [-0.1, -0.05) is 25.1 Å². The lowest BCUT2D eigenvalue weighted by atomic mass is 10.1. The Balaban J connectivity index is 1.43. The molecule has 0 saturated carbocycles. The van der Waals surface area contributed by atoms with Crippen molar-refractivity contribution in [3.63, 3.8) is 0 Å². The number of urea groups is 1. The summed E-state index contributed by atoms with van der Waals surface area (Å²) in [6, 6.07) is 9.62. The van der Waals surface area contributed by atoms with Crippen LogP contribution in [0.2, 0.25) is 0 Å². The molecule has 3 amide bonds. The minimum Gasteiger partial charge on any atom is -0.379 e. The van der Waals surface area contributed by atoms with Crippen molar-refractivity contribution in [1.82, 2.24) is 20.0 Å². The summed E-state index contributed by atoms with van der Waals surface area (Å²) in [7, 11) is 0. The standard InChI is InChI=1S/C20H30N4O3/c1-2-18(22-12-14-27-15-13-22)16-21-20(26)24-10-8-23(9-11-24)19(25)17-6-4-3-5-7-17/h3-7,18H,2,8-16H2,1H3,(H,21,26)/t18-/m1/s1. The molecule has 0 aromatic heterocycles. The molecular formula is C20H30N4O3. The Morgan fingerprint density at radius 3 is 2.26 bits per heavy atom. The quantitative estimate of drug-likeness (QED) is 0.843. The van der Waals surface area contributed by atoms with Crippen LogP contribution in [-0.4, -0.2) is 91.7 Å². The fraction of sp³-hybridized carbons (Fsp3) is 0.600. The predicted molar refractivity (Wildman–Crippen MR) is 104 cm³/mol. The number of carbonyl (C=O) groups excluding carboxylic acids is 2. The van der Waals surface area contributed by atoms with Gasteiger partial charge < -0.3 is 19.9 Å². The Bertz CT molecular complexity index is 611. The first kappa shape index (κ1) is 19.6. The van der Waals surface area contributed by atoms with Crippen LogP contribution in [0.5, 0.6) is 0 Å². The van der Waals surface area contributed by atoms with Crippen molar-refractivity contribution in [2.75, 3.05) is 59.0 Å². The number of hydrogen-bond acceptors (Lipinski definition) is 4. The summed E-state index contributed by atoms with van der Waals surface area (Å²) in [6.07, 6.45) is 1.000. The molecule has 0 radical (unpaired) electrons. The average Bonchev–Trinajstić information content (AvgIpc) is 2.75. The molecule has 0 spiro atoms. The minimum atomic E-state index is -0.0338. The van der Waals surface area contributed by atoms with Crippen molar-refractivity contribution in [2.24, 2.45) is 0 Å². The lowest BCUT2D eigenvalue weighted by Crippen LogP contribution is -2.55. The second-order valence-corrected chi connectivity index (χ2v) is 7.04. The van der Waals surface area contributed by atoms with E-state index in [0.717, 1.165) is 32.7 Å². The SMILES string of the molecule is CC[C@H](CNC(=O)N1CCN(C(=O)c2ccccc2)CC1)N1CCOCC1. The van der Waals surface area contributed by atoms with E-state index in [-0.39, 0.29) is 11.9 Å². The van der Waals surface area contributed by atoms with Crippen LogP contribution in [0.4, 0.5) is 4.79 Å². The number of carbonyl (C=O) groups is 2. The molecule has 7 nitrogen and oxygen atoms in total. The second kappa shape index (κ2) is 9.71. The number of hydrogen-bond donors (Lipinski definition) is 1. The van der Waals surface area contributed by atoms with Gasteiger partial charge >= 0.3 is 6.03 Å². The third-order valence-electron chi connectivity index (χ3n) is 5.40. The van der Waals surface area contributed by atoms with Gasteiger partial charge in [-0.05, 0) is 18.6 Å². The maximum atomic E-state index is 12.5. The van der Waals surface area contributed by atoms with Crippen LogP contribution in [-0.2, 0) is 4.74 Å². The van der Waals surface area contributed by atoms with Crippen molar-refractivity contribution in [3.05, 3.63) is 35.9 Å². The van der Waals surface area contributed by atoms with Crippen molar-refractivity contribution in [1.29, 1.82) is 0 Å². The van der Waals surface area contributed by atoms with Gasteiger partial charge in [0, 0.05) is 57.4 Å². The number of piperazine rings is 1. The summed E-state index contributed by atoms with van der Waals surface area (Å²) in [5.41, 5.74) is 0.701. The zero-order valence-corrected chi connectivity index (χ0v) is 16.1. The molecule has 1 atom stereocenters. The first-order chi connectivity index (χ1) is 13.2. The number of morpholine rings is 1. The van der Waals surface area contributed by atoms with Gasteiger partial charge in [0.2, 0.25) is 0 Å². The molecule has 148 valence electrons. The Kier molecular flexibility index (Phi) is 7.06. The number of benzene rings is 1. The summed E-state index contributed by atoms with van der Waals surface area (Å²) in [5, 5.41) is 3.08. The molecule has 1 aromatic rings. The summed E-state index contributed by atoms with van der Waals surface area (Å²) < 4.78 is 5.41. The van der Waals surface area contributed by atoms with E-state index >= 15 is 0 Å². The molecule has 1 N–H and O–H groups in total. The minimum absolute atomic E-state index is 0.0338. The Hall–Kier alpha value is -2.12. The zero-order valence-electron chi connectivity index (χ0n) is 16.1. The molecule has 27 heavy (non-hydrogen) atoms. The van der Waals surface area contributed by atoms with E-state index in [1.54, 1.807) is 4.90 Å². The second-order valence-electron chi connectivity index (χ2n) is 7.04. The van der Waals surface area contributed by atoms with Crippen LogP contribution in [0.15, 0.2) is 30.3 Å². The molecule has 7 heteroatoms. The van der Waals surface area contributed by atoms with Crippen molar-refractivity contribution in [2.45, 2.75) is 19.4 Å². The van der Waals surface area contributed by atoms with Gasteiger partial charge in [0.05, 0.1) is 13.2 Å². The summed E-state index contributed by atoms with van der Waals surface area (Å²) in [5.74, 6) is 0.0361. The molecule has 2 saturated heterocycles. The summed E-state index contributed by atoms with van der Waals surface area (Å²) in [6.45, 7) is 8.47. The molecule has 2 aliphatic heterocycles. The van der Waals surface area contributed by atoms with Crippen molar-refractivity contribution >= 4 is 11.9 Å². The zero-order chi connectivity index (χ0) is 19.1. The number of nitrogens with one attached hydrogen (secondary N) is 1. The first-order valence-electron chi connectivity index (χ1n) is 9.88. The molecule has 1 aromatic carbocycles. The molecule has 2 fully saturated rings. The average molecular weight is 374 g/mol. The molecule has 0 unspecified atom stereocenters. The number of nitrogens with zero attached hydrogens (tertiary/aromatic N) is 3. The number of amides is 3. The molecule has 3 rings (SSSR count). The molecule has 0 bridgehead atoms. The molecule has 2 aliphatic rings. The Morgan fingerprint density at radius 1 is 1.00 bits per heavy atom. The Labute approximate surface area is 161 Å². The normalized spacial score (nSPS) is 19.6. The smallest absolute Gasteiger partial charge is 0.317 e. The van der Waals surface area contributed by atoms with E-state index in [4.69, 9.17) is 4.74 Å². The topological polar surface area (TPSA) is 65.1 Å². The van der Waals surface area contributed by atoms with Crippen LogP contribution in [0.25, 0.3) is 0 Å². The highest BCUT2D eigenvalue weighted by molar-refractivity contribution is 5.94. The maximum Gasteiger partial charge on any atom is 0.317 e. The highest BCUT2D eigenvalue weighted by atomic mass is 16.5. The van der Waals surface area contributed by atoms with Crippen molar-refractivity contribution in [3.8, 4) is 0 Å². The molecular weight excluding hydrogens is 344 g/mol. The lowest BCUT2D eigenvalue weighted by molar-refractivity contribution is 0.0161. The van der Waals surface area contributed by atoms with E-state index in [1.165, 1.54) is 0 Å². The fourth-order valence-electron chi connectivity index (χ4n) is 3.67. The van der Waals surface area contributed by atoms with E-state index in [1.807, 2.05) is 35.2 Å². The third-order valence-corrected chi connectivity index (χ3v) is 5.40. The van der Waals surface area contributed by atoms with Crippen LogP contribution >= 0.6 is 0 Å². The highest BCUT2D eigenvalue weighted by Crippen LogP contribution is 2.10. The van der Waals surface area contributed by atoms with E-state index in [2.05, 4.69) is 17.1 Å². The highest BCUT2D eigenvalue weighted by Gasteiger charge is 2.26. The summed E-state index contributed by atoms with van der Waals surface area (Å²) in [4.78, 5) is 31.0. The Morgan fingerprint density at radius 2 is 1.63 bits per heavy atom. The number of rotatable bonds is 5. The predicted octanol–water partition coefficient (Wildman–Crippen LogP) is 1.26. The van der Waals surface area contributed by atoms with Crippen LogP contribution in [0, 0.1) is 0 Å². The summed E-state index contributed by atoms with van der Waals surface area (Å²) >= 11 is 0. The molecule has 2 heterocycles. The maximum absolute atomic E-state index is 12.5. The van der Waals surface area contributed by atoms with Gasteiger partial charge in [-0.2, -0.15) is 0 Å². The monoisotopic (exact) mass is 374 g/mol. The van der Waals surface area contributed by atoms with E-state index < -0.39 is 0 Å². The molecule has 0 aliphatic carbocycles. The van der Waals surface area contributed by atoms with Gasteiger partial charge in [0.25, 0.3) is 5.91 Å². The number of ether oxygens (including phenoxy) is 1. The lowest BCUT2D eigenvalue weighted by Gasteiger charge is -2.36. The first-order valence-corrected chi connectivity index (χ1v) is 9.88. The van der Waals surface area contributed by atoms with E-state index in [9.17, 15) is 9.59 Å². The largest absolute Gasteiger partial charge is 0.379 e. The van der Waals surface area contributed by atoms with Gasteiger partial charge in [-0.25, -0.2) is 4.79 Å². The fourth-order valence-corrected chi connectivity index (χ4v) is 3.67. The van der Waals surface area contributed by atoms with Crippen LogP contribution in [0.1, 0.15) is 23.7 Å². The van der Waals surface area contributed by atoms with Crippen LogP contribution < -0.4 is 5.32 Å². The van der Waals surface area contributed by atoms with Gasteiger partial charge in [0.15, 0.2) is 0 Å². The third kappa shape index (κ3) is 5.20. The van der Waals surface area contributed by atoms with Gasteiger partial charge in [0.1, 0.15) is 0 Å². The van der Waals surface area contributed by atoms with Gasteiger partial charge in [-0.3, -0.25) is 9.69 Å².